The number of alkyl carbamates (subject to hydrolysis) is 2. The van der Waals surface area contributed by atoms with E-state index >= 15 is 0 Å². The van der Waals surface area contributed by atoms with Gasteiger partial charge in [0.05, 0.1) is 0 Å². The van der Waals surface area contributed by atoms with Crippen molar-refractivity contribution in [3.63, 3.8) is 0 Å². The number of carbonyl (C=O) groups is 2. The Kier molecular flexibility index (Phi) is 10.4. The summed E-state index contributed by atoms with van der Waals surface area (Å²) in [5.74, 6) is 0. The van der Waals surface area contributed by atoms with Crippen molar-refractivity contribution in [2.24, 2.45) is 0 Å². The summed E-state index contributed by atoms with van der Waals surface area (Å²) in [6.45, 7) is 17.4. The van der Waals surface area contributed by atoms with Crippen LogP contribution < -0.4 is 21.3 Å². The Morgan fingerprint density at radius 3 is 1.33 bits per heavy atom. The van der Waals surface area contributed by atoms with Crippen LogP contribution in [-0.2, 0) is 9.47 Å². The highest BCUT2D eigenvalue weighted by atomic mass is 16.6. The number of piperidine rings is 2. The van der Waals surface area contributed by atoms with Gasteiger partial charge in [-0.3, -0.25) is 0 Å². The minimum absolute atomic E-state index is 0.246. The first kappa shape index (κ1) is 26.5. The molecule has 2 aliphatic rings. The Bertz CT molecular complexity index is 494. The first-order valence-corrected chi connectivity index (χ1v) is 11.2. The van der Waals surface area contributed by atoms with Crippen LogP contribution in [0.15, 0.2) is 0 Å². The van der Waals surface area contributed by atoms with E-state index in [9.17, 15) is 9.59 Å². The molecule has 0 aromatic heterocycles. The molecule has 0 spiro atoms. The van der Waals surface area contributed by atoms with Crippen molar-refractivity contribution < 1.29 is 19.1 Å². The fraction of sp³-hybridized carbons (Fsp3) is 0.909. The van der Waals surface area contributed by atoms with Gasteiger partial charge in [-0.2, -0.15) is 0 Å². The Morgan fingerprint density at radius 2 is 1.07 bits per heavy atom. The van der Waals surface area contributed by atoms with Crippen LogP contribution in [0.1, 0.15) is 81.1 Å². The van der Waals surface area contributed by atoms with Crippen LogP contribution in [0.2, 0.25) is 0 Å². The van der Waals surface area contributed by atoms with Gasteiger partial charge in [0.2, 0.25) is 0 Å². The van der Waals surface area contributed by atoms with Gasteiger partial charge in [0.25, 0.3) is 0 Å². The molecule has 0 radical (unpaired) electrons. The summed E-state index contributed by atoms with van der Waals surface area (Å²) in [4.78, 5) is 23.0. The summed E-state index contributed by atoms with van der Waals surface area (Å²) in [5, 5.41) is 12.5. The van der Waals surface area contributed by atoms with Crippen LogP contribution in [0, 0.1) is 0 Å². The van der Waals surface area contributed by atoms with Gasteiger partial charge in [0.1, 0.15) is 11.2 Å². The number of carbonyl (C=O) groups excluding carboxylic acids is 2. The highest BCUT2D eigenvalue weighted by Gasteiger charge is 2.24. The summed E-state index contributed by atoms with van der Waals surface area (Å²) >= 11 is 0. The molecule has 0 aromatic rings. The molecule has 0 saturated carbocycles. The normalized spacial score (nSPS) is 27.2. The summed E-state index contributed by atoms with van der Waals surface area (Å²) in [7, 11) is 0. The van der Waals surface area contributed by atoms with Crippen molar-refractivity contribution in [3.8, 4) is 0 Å². The SMILES string of the molecule is C[C@@H]1C[C@@H](NC(=O)OC(C)(C)C)CCN1.C[C@H]1C[C@H](NC(=O)OC(C)(C)C)CCN1. The molecule has 2 rings (SSSR count). The van der Waals surface area contributed by atoms with Gasteiger partial charge in [0, 0.05) is 24.2 Å². The maximum atomic E-state index is 11.5. The molecule has 2 fully saturated rings. The average Bonchev–Trinajstić information content (AvgIpc) is 2.51. The Hall–Kier alpha value is -1.54. The van der Waals surface area contributed by atoms with E-state index in [2.05, 4.69) is 35.1 Å². The number of nitrogens with one attached hydrogen (secondary N) is 4. The van der Waals surface area contributed by atoms with Crippen molar-refractivity contribution in [2.45, 2.75) is 116 Å². The molecular weight excluding hydrogens is 384 g/mol. The van der Waals surface area contributed by atoms with E-state index in [0.717, 1.165) is 38.8 Å². The lowest BCUT2D eigenvalue weighted by atomic mass is 10.0. The third-order valence-corrected chi connectivity index (χ3v) is 4.69. The van der Waals surface area contributed by atoms with Gasteiger partial charge in [-0.25, -0.2) is 9.59 Å². The molecule has 0 aromatic carbocycles. The van der Waals surface area contributed by atoms with Crippen LogP contribution in [-0.4, -0.2) is 60.6 Å². The second-order valence-electron chi connectivity index (χ2n) is 10.4. The van der Waals surface area contributed by atoms with Crippen LogP contribution >= 0.6 is 0 Å². The van der Waals surface area contributed by atoms with Gasteiger partial charge in [-0.1, -0.05) is 0 Å². The minimum Gasteiger partial charge on any atom is -0.444 e. The van der Waals surface area contributed by atoms with Crippen LogP contribution in [0.25, 0.3) is 0 Å². The molecule has 0 bridgehead atoms. The van der Waals surface area contributed by atoms with E-state index in [0.29, 0.717) is 12.1 Å². The summed E-state index contributed by atoms with van der Waals surface area (Å²) < 4.78 is 10.4. The van der Waals surface area contributed by atoms with Gasteiger partial charge in [-0.05, 0) is 94.2 Å². The van der Waals surface area contributed by atoms with E-state index in [1.807, 2.05) is 41.5 Å². The third kappa shape index (κ3) is 12.9. The molecule has 2 heterocycles. The molecule has 4 N–H and O–H groups in total. The molecule has 2 aliphatic heterocycles. The van der Waals surface area contributed by atoms with E-state index < -0.39 is 11.2 Å². The molecule has 4 atom stereocenters. The smallest absolute Gasteiger partial charge is 0.407 e. The van der Waals surface area contributed by atoms with E-state index in [-0.39, 0.29) is 24.3 Å². The first-order valence-electron chi connectivity index (χ1n) is 11.2. The average molecular weight is 429 g/mol. The largest absolute Gasteiger partial charge is 0.444 e. The summed E-state index contributed by atoms with van der Waals surface area (Å²) in [6.07, 6.45) is 3.29. The van der Waals surface area contributed by atoms with Crippen molar-refractivity contribution in [3.05, 3.63) is 0 Å². The predicted octanol–water partition coefficient (Wildman–Crippen LogP) is 3.30. The number of hydrogen-bond donors (Lipinski definition) is 4. The topological polar surface area (TPSA) is 101 Å². The minimum atomic E-state index is -0.414. The maximum Gasteiger partial charge on any atom is 0.407 e. The second-order valence-corrected chi connectivity index (χ2v) is 10.4. The van der Waals surface area contributed by atoms with Gasteiger partial charge in [0.15, 0.2) is 0 Å². The van der Waals surface area contributed by atoms with Crippen molar-refractivity contribution >= 4 is 12.2 Å². The molecule has 0 unspecified atom stereocenters. The first-order chi connectivity index (χ1) is 13.7. The lowest BCUT2D eigenvalue weighted by molar-refractivity contribution is 0.0479. The standard InChI is InChI=1S/2C11H22N2O2/c2*1-8-7-9(5-6-12-8)13-10(14)15-11(2,3)4/h2*8-9,12H,5-7H2,1-4H3,(H,13,14)/t2*8-,9+/m10/s1. The van der Waals surface area contributed by atoms with Crippen LogP contribution in [0.4, 0.5) is 9.59 Å². The lowest BCUT2D eigenvalue weighted by Crippen LogP contribution is -2.47. The van der Waals surface area contributed by atoms with E-state index in [1.165, 1.54) is 0 Å². The molecule has 0 aliphatic carbocycles. The van der Waals surface area contributed by atoms with Gasteiger partial charge < -0.3 is 30.7 Å². The van der Waals surface area contributed by atoms with Crippen LogP contribution in [0.5, 0.6) is 0 Å². The Morgan fingerprint density at radius 1 is 0.733 bits per heavy atom. The quantitative estimate of drug-likeness (QED) is 0.538. The number of rotatable bonds is 2. The monoisotopic (exact) mass is 428 g/mol. The molecule has 176 valence electrons. The lowest BCUT2D eigenvalue weighted by Gasteiger charge is -2.29. The predicted molar refractivity (Wildman–Crippen MR) is 120 cm³/mol. The van der Waals surface area contributed by atoms with E-state index in [1.54, 1.807) is 0 Å². The molecule has 2 saturated heterocycles. The molecule has 2 amide bonds. The Labute approximate surface area is 182 Å². The highest BCUT2D eigenvalue weighted by molar-refractivity contribution is 5.68. The highest BCUT2D eigenvalue weighted by Crippen LogP contribution is 2.12. The van der Waals surface area contributed by atoms with Gasteiger partial charge in [-0.15, -0.1) is 0 Å². The molecule has 30 heavy (non-hydrogen) atoms. The second kappa shape index (κ2) is 11.7. The van der Waals surface area contributed by atoms with E-state index in [4.69, 9.17) is 9.47 Å². The Balaban J connectivity index is 0.000000300. The number of ether oxygens (including phenoxy) is 2. The molecule has 8 nitrogen and oxygen atoms in total. The molecular formula is C22H44N4O4. The maximum absolute atomic E-state index is 11.5. The zero-order valence-corrected chi connectivity index (χ0v) is 20.2. The number of hydrogen-bond acceptors (Lipinski definition) is 6. The zero-order chi connectivity index (χ0) is 22.9. The van der Waals surface area contributed by atoms with Gasteiger partial charge >= 0.3 is 12.2 Å². The molecule has 8 heteroatoms. The van der Waals surface area contributed by atoms with Crippen molar-refractivity contribution in [1.82, 2.24) is 21.3 Å². The third-order valence-electron chi connectivity index (χ3n) is 4.69. The van der Waals surface area contributed by atoms with Crippen molar-refractivity contribution in [1.29, 1.82) is 0 Å². The van der Waals surface area contributed by atoms with Crippen molar-refractivity contribution in [2.75, 3.05) is 13.1 Å². The number of amides is 2. The summed E-state index contributed by atoms with van der Waals surface area (Å²) in [6, 6.07) is 1.43. The van der Waals surface area contributed by atoms with Crippen LogP contribution in [0.3, 0.4) is 0 Å². The zero-order valence-electron chi connectivity index (χ0n) is 20.2. The summed E-state index contributed by atoms with van der Waals surface area (Å²) in [5.41, 5.74) is -0.828. The fourth-order valence-electron chi connectivity index (χ4n) is 3.47. The fourth-order valence-corrected chi connectivity index (χ4v) is 3.47.